The van der Waals surface area contributed by atoms with E-state index < -0.39 is 0 Å². The maximum atomic E-state index is 12.0. The molecule has 0 unspecified atom stereocenters. The van der Waals surface area contributed by atoms with Crippen molar-refractivity contribution in [1.82, 2.24) is 9.88 Å². The fourth-order valence-electron chi connectivity index (χ4n) is 1.86. The van der Waals surface area contributed by atoms with Gasteiger partial charge in [0, 0.05) is 30.2 Å². The zero-order valence-electron chi connectivity index (χ0n) is 11.3. The van der Waals surface area contributed by atoms with Crippen LogP contribution in [0.4, 0.5) is 0 Å². The number of rotatable bonds is 5. The Morgan fingerprint density at radius 3 is 2.70 bits per heavy atom. The van der Waals surface area contributed by atoms with E-state index in [0.717, 1.165) is 10.2 Å². The van der Waals surface area contributed by atoms with Crippen LogP contribution in [0.15, 0.2) is 28.2 Å². The van der Waals surface area contributed by atoms with E-state index >= 15 is 0 Å². The molecule has 2 aromatic heterocycles. The predicted molar refractivity (Wildman–Crippen MR) is 83.5 cm³/mol. The predicted octanol–water partition coefficient (Wildman–Crippen LogP) is 3.02. The second-order valence-corrected chi connectivity index (χ2v) is 7.04. The highest BCUT2D eigenvalue weighted by Gasteiger charge is 2.13. The molecule has 0 fully saturated rings. The summed E-state index contributed by atoms with van der Waals surface area (Å²) in [6.07, 6.45) is 2.47. The van der Waals surface area contributed by atoms with Gasteiger partial charge >= 0.3 is 0 Å². The number of Topliss-reactive ketones (excluding diaryl/α,β-unsaturated/α-hetero) is 1. The number of halogens is 1. The summed E-state index contributed by atoms with van der Waals surface area (Å²) in [7, 11) is 1.76. The van der Waals surface area contributed by atoms with E-state index in [4.69, 9.17) is 0 Å². The fourth-order valence-corrected chi connectivity index (χ4v) is 3.34. The number of hydrogen-bond acceptors (Lipinski definition) is 3. The summed E-state index contributed by atoms with van der Waals surface area (Å²) in [5.41, 5.74) is 1.06. The third kappa shape index (κ3) is 3.58. The molecule has 0 saturated heterocycles. The second-order valence-electron chi connectivity index (χ2n) is 4.49. The lowest BCUT2D eigenvalue weighted by molar-refractivity contribution is 0.0945. The quantitative estimate of drug-likeness (QED) is 0.839. The Morgan fingerprint density at radius 1 is 1.40 bits per heavy atom. The van der Waals surface area contributed by atoms with E-state index in [1.54, 1.807) is 35.2 Å². The number of carbonyl (C=O) groups is 2. The Morgan fingerprint density at radius 2 is 2.15 bits per heavy atom. The Labute approximate surface area is 129 Å². The number of thiophene rings is 1. The second kappa shape index (κ2) is 6.37. The topological polar surface area (TPSA) is 51.1 Å². The van der Waals surface area contributed by atoms with E-state index in [1.165, 1.54) is 11.8 Å². The molecular formula is C14H15BrN2O2S. The first-order valence-corrected chi connectivity index (χ1v) is 7.78. The lowest BCUT2D eigenvalue weighted by atomic mass is 10.2. The molecule has 2 rings (SSSR count). The van der Waals surface area contributed by atoms with Gasteiger partial charge in [0.2, 0.25) is 0 Å². The third-order valence-electron chi connectivity index (χ3n) is 2.93. The zero-order chi connectivity index (χ0) is 14.7. The highest BCUT2D eigenvalue weighted by atomic mass is 79.9. The van der Waals surface area contributed by atoms with Crippen LogP contribution in [0.5, 0.6) is 0 Å². The van der Waals surface area contributed by atoms with Crippen molar-refractivity contribution in [2.24, 2.45) is 7.05 Å². The molecule has 20 heavy (non-hydrogen) atoms. The van der Waals surface area contributed by atoms with Gasteiger partial charge in [-0.15, -0.1) is 11.3 Å². The van der Waals surface area contributed by atoms with Crippen LogP contribution in [0.2, 0.25) is 0 Å². The molecule has 0 saturated carbocycles. The molecule has 0 spiro atoms. The van der Waals surface area contributed by atoms with Crippen molar-refractivity contribution in [3.8, 4) is 0 Å². The minimum Gasteiger partial charge on any atom is -0.350 e. The van der Waals surface area contributed by atoms with E-state index in [1.807, 2.05) is 12.1 Å². The molecule has 0 aromatic carbocycles. The van der Waals surface area contributed by atoms with Gasteiger partial charge in [0.25, 0.3) is 5.91 Å². The summed E-state index contributed by atoms with van der Waals surface area (Å²) in [6.45, 7) is 2.07. The summed E-state index contributed by atoms with van der Waals surface area (Å²) in [6, 6.07) is 5.66. The first-order chi connectivity index (χ1) is 9.47. The van der Waals surface area contributed by atoms with E-state index in [0.29, 0.717) is 17.8 Å². The van der Waals surface area contributed by atoms with Crippen molar-refractivity contribution >= 4 is 39.0 Å². The molecule has 4 nitrogen and oxygen atoms in total. The number of amides is 1. The molecule has 1 N–H and O–H groups in total. The maximum Gasteiger partial charge on any atom is 0.267 e. The smallest absolute Gasteiger partial charge is 0.267 e. The van der Waals surface area contributed by atoms with Crippen LogP contribution in [-0.2, 0) is 13.5 Å². The Hall–Kier alpha value is -1.40. The molecule has 0 aliphatic rings. The molecule has 0 atom stereocenters. The van der Waals surface area contributed by atoms with Crippen molar-refractivity contribution < 1.29 is 9.59 Å². The van der Waals surface area contributed by atoms with Gasteiger partial charge in [-0.3, -0.25) is 9.59 Å². The lowest BCUT2D eigenvalue weighted by Gasteiger charge is -2.04. The van der Waals surface area contributed by atoms with Crippen molar-refractivity contribution in [1.29, 1.82) is 0 Å². The molecular weight excluding hydrogens is 340 g/mol. The van der Waals surface area contributed by atoms with Gasteiger partial charge in [-0.25, -0.2) is 0 Å². The van der Waals surface area contributed by atoms with Crippen LogP contribution in [-0.4, -0.2) is 22.8 Å². The van der Waals surface area contributed by atoms with Crippen molar-refractivity contribution in [2.45, 2.75) is 13.3 Å². The van der Waals surface area contributed by atoms with Crippen LogP contribution in [0.25, 0.3) is 0 Å². The SMILES string of the molecule is CC(=O)c1cc(C(=O)NCCc2ccc(Br)s2)n(C)c1. The summed E-state index contributed by atoms with van der Waals surface area (Å²) in [4.78, 5) is 24.6. The number of aryl methyl sites for hydroxylation is 1. The normalized spacial score (nSPS) is 10.6. The summed E-state index contributed by atoms with van der Waals surface area (Å²) < 4.78 is 2.76. The fraction of sp³-hybridized carbons (Fsp3) is 0.286. The number of hydrogen-bond donors (Lipinski definition) is 1. The number of nitrogens with zero attached hydrogens (tertiary/aromatic N) is 1. The van der Waals surface area contributed by atoms with Gasteiger partial charge < -0.3 is 9.88 Å². The number of carbonyl (C=O) groups excluding carboxylic acids is 2. The number of aromatic nitrogens is 1. The van der Waals surface area contributed by atoms with E-state index in [2.05, 4.69) is 21.2 Å². The van der Waals surface area contributed by atoms with Gasteiger partial charge in [-0.1, -0.05) is 0 Å². The average molecular weight is 355 g/mol. The van der Waals surface area contributed by atoms with Crippen molar-refractivity contribution in [2.75, 3.05) is 6.54 Å². The highest BCUT2D eigenvalue weighted by molar-refractivity contribution is 9.11. The van der Waals surface area contributed by atoms with Gasteiger partial charge in [-0.2, -0.15) is 0 Å². The van der Waals surface area contributed by atoms with Crippen molar-refractivity contribution in [3.05, 3.63) is 44.3 Å². The van der Waals surface area contributed by atoms with Crippen LogP contribution < -0.4 is 5.32 Å². The van der Waals surface area contributed by atoms with Crippen LogP contribution >= 0.6 is 27.3 Å². The van der Waals surface area contributed by atoms with E-state index in [9.17, 15) is 9.59 Å². The number of nitrogens with one attached hydrogen (secondary N) is 1. The molecule has 6 heteroatoms. The Bertz CT molecular complexity index is 645. The number of ketones is 1. The van der Waals surface area contributed by atoms with Gasteiger partial charge in [0.05, 0.1) is 3.79 Å². The molecule has 2 aromatic rings. The molecule has 0 radical (unpaired) electrons. The summed E-state index contributed by atoms with van der Waals surface area (Å²) in [5.74, 6) is -0.196. The first kappa shape index (κ1) is 15.0. The molecule has 0 aliphatic heterocycles. The van der Waals surface area contributed by atoms with Crippen LogP contribution in [0.3, 0.4) is 0 Å². The van der Waals surface area contributed by atoms with Gasteiger partial charge in [0.1, 0.15) is 5.69 Å². The standard InChI is InChI=1S/C14H15BrN2O2S/c1-9(18)10-7-12(17(2)8-10)14(19)16-6-5-11-3-4-13(15)20-11/h3-4,7-8H,5-6H2,1-2H3,(H,16,19). The molecule has 2 heterocycles. The van der Waals surface area contributed by atoms with Gasteiger partial charge in [0.15, 0.2) is 5.78 Å². The van der Waals surface area contributed by atoms with Crippen LogP contribution in [0, 0.1) is 0 Å². The summed E-state index contributed by atoms with van der Waals surface area (Å²) in [5, 5.41) is 2.87. The minimum atomic E-state index is -0.157. The van der Waals surface area contributed by atoms with Gasteiger partial charge in [-0.05, 0) is 47.5 Å². The average Bonchev–Trinajstić information content (AvgIpc) is 2.95. The zero-order valence-corrected chi connectivity index (χ0v) is 13.7. The Kier molecular flexibility index (Phi) is 4.77. The molecule has 0 bridgehead atoms. The molecule has 0 aliphatic carbocycles. The molecule has 1 amide bonds. The lowest BCUT2D eigenvalue weighted by Crippen LogP contribution is -2.27. The first-order valence-electron chi connectivity index (χ1n) is 6.17. The van der Waals surface area contributed by atoms with E-state index in [-0.39, 0.29) is 11.7 Å². The van der Waals surface area contributed by atoms with Crippen molar-refractivity contribution in [3.63, 3.8) is 0 Å². The largest absolute Gasteiger partial charge is 0.350 e. The maximum absolute atomic E-state index is 12.0. The summed E-state index contributed by atoms with van der Waals surface area (Å²) >= 11 is 5.07. The highest BCUT2D eigenvalue weighted by Crippen LogP contribution is 2.22. The Balaban J connectivity index is 1.93. The minimum absolute atomic E-state index is 0.0388. The third-order valence-corrected chi connectivity index (χ3v) is 4.61. The van der Waals surface area contributed by atoms with Crippen LogP contribution in [0.1, 0.15) is 32.6 Å². The molecule has 106 valence electrons. The monoisotopic (exact) mass is 354 g/mol.